The van der Waals surface area contributed by atoms with Crippen LogP contribution < -0.4 is 0 Å². The average molecular weight is 379 g/mol. The minimum Gasteiger partial charge on any atom is -0.103 e. The van der Waals surface area contributed by atoms with Gasteiger partial charge < -0.3 is 0 Å². The number of rotatable bonds is 10. The van der Waals surface area contributed by atoms with E-state index in [1.165, 1.54) is 76.2 Å². The number of allylic oxidation sites excluding steroid dienone is 3. The van der Waals surface area contributed by atoms with Gasteiger partial charge in [-0.15, -0.1) is 19.7 Å². The van der Waals surface area contributed by atoms with Crippen molar-refractivity contribution in [2.75, 3.05) is 0 Å². The van der Waals surface area contributed by atoms with Crippen LogP contribution in [0.1, 0.15) is 126 Å². The summed E-state index contributed by atoms with van der Waals surface area (Å²) < 4.78 is 0. The lowest BCUT2D eigenvalue weighted by Gasteiger charge is -2.21. The second-order valence-electron chi connectivity index (χ2n) is 8.46. The van der Waals surface area contributed by atoms with Gasteiger partial charge in [-0.05, 0) is 56.8 Å². The Morgan fingerprint density at radius 3 is 1.81 bits per heavy atom. The molecule has 0 heterocycles. The van der Waals surface area contributed by atoms with Crippen molar-refractivity contribution >= 4 is 0 Å². The fourth-order valence-corrected chi connectivity index (χ4v) is 3.02. The highest BCUT2D eigenvalue weighted by Crippen LogP contribution is 2.27. The number of hydrogen-bond acceptors (Lipinski definition) is 0. The van der Waals surface area contributed by atoms with E-state index in [1.807, 2.05) is 19.9 Å². The molecule has 0 aromatic rings. The van der Waals surface area contributed by atoms with Gasteiger partial charge in [-0.3, -0.25) is 0 Å². The second-order valence-corrected chi connectivity index (χ2v) is 8.46. The van der Waals surface area contributed by atoms with Gasteiger partial charge >= 0.3 is 0 Å². The van der Waals surface area contributed by atoms with E-state index in [9.17, 15) is 0 Å². The Hall–Kier alpha value is -0.780. The van der Waals surface area contributed by atoms with Gasteiger partial charge in [0.1, 0.15) is 0 Å². The van der Waals surface area contributed by atoms with Crippen LogP contribution in [0.3, 0.4) is 0 Å². The lowest BCUT2D eigenvalue weighted by molar-refractivity contribution is 0.328. The molecule has 162 valence electrons. The molecule has 0 amide bonds. The van der Waals surface area contributed by atoms with Crippen molar-refractivity contribution in [3.63, 3.8) is 0 Å². The third-order valence-corrected chi connectivity index (χ3v) is 4.84. The van der Waals surface area contributed by atoms with Gasteiger partial charge in [-0.2, -0.15) is 0 Å². The summed E-state index contributed by atoms with van der Waals surface area (Å²) in [5.74, 6) is 0.861. The van der Waals surface area contributed by atoms with Gasteiger partial charge in [0.2, 0.25) is 0 Å². The van der Waals surface area contributed by atoms with Gasteiger partial charge in [0.25, 0.3) is 0 Å². The van der Waals surface area contributed by atoms with E-state index in [0.29, 0.717) is 5.41 Å². The third-order valence-electron chi connectivity index (χ3n) is 4.84. The number of hydrogen-bond donors (Lipinski definition) is 0. The lowest BCUT2D eigenvalue weighted by Crippen LogP contribution is -2.08. The summed E-state index contributed by atoms with van der Waals surface area (Å²) in [7, 11) is 0. The van der Waals surface area contributed by atoms with Crippen LogP contribution in [-0.2, 0) is 0 Å². The molecule has 0 saturated heterocycles. The molecule has 27 heavy (non-hydrogen) atoms. The molecule has 0 aromatic carbocycles. The molecule has 0 bridgehead atoms. The molecule has 0 nitrogen and oxygen atoms in total. The highest BCUT2D eigenvalue weighted by Gasteiger charge is 2.13. The molecule has 1 rings (SSSR count). The summed E-state index contributed by atoms with van der Waals surface area (Å²) in [4.78, 5) is 0. The van der Waals surface area contributed by atoms with Crippen LogP contribution in [0.4, 0.5) is 0 Å². The summed E-state index contributed by atoms with van der Waals surface area (Å²) in [6, 6.07) is 0. The topological polar surface area (TPSA) is 0 Å². The fraction of sp³-hybridized carbons (Fsp3) is 0.778. The van der Waals surface area contributed by atoms with Gasteiger partial charge in [-0.25, -0.2) is 0 Å². The first kappa shape index (κ1) is 30.9. The Morgan fingerprint density at radius 1 is 0.963 bits per heavy atom. The van der Waals surface area contributed by atoms with Crippen molar-refractivity contribution in [3.8, 4) is 0 Å². The van der Waals surface area contributed by atoms with Gasteiger partial charge in [0.05, 0.1) is 0 Å². The Kier molecular flexibility index (Phi) is 26.6. The van der Waals surface area contributed by atoms with Gasteiger partial charge in [0, 0.05) is 0 Å². The highest BCUT2D eigenvalue weighted by atomic mass is 14.2. The quantitative estimate of drug-likeness (QED) is 0.262. The van der Waals surface area contributed by atoms with Crippen molar-refractivity contribution in [1.29, 1.82) is 0 Å². The third kappa shape index (κ3) is 27.5. The Balaban J connectivity index is -0.000000309. The molecule has 0 radical (unpaired) electrons. The standard InChI is InChI=1S/C10H20.C8H16.C7H12.C2H6/c1-5-7-9-10(3,4)8-6-2;1-4-5-6-7-8(2)3;1-2-7-5-3-4-6-7;1-2/h6H,2,5,7-9H2,1,3-4H3;2,4-7H2,1,3H3;2,7H,1,3-6H2;1-2H3. The SMILES string of the molecule is C=C(C)CCCCC.C=CC1CCCC1.C=CCC(C)(C)CCCC.CC. The molecular weight excluding hydrogens is 324 g/mol. The van der Waals surface area contributed by atoms with Gasteiger partial charge in [0.15, 0.2) is 0 Å². The smallest absolute Gasteiger partial charge is 0.0236 e. The van der Waals surface area contributed by atoms with Crippen molar-refractivity contribution in [3.05, 3.63) is 37.5 Å². The summed E-state index contributed by atoms with van der Waals surface area (Å²) in [6.07, 6.45) is 20.1. The van der Waals surface area contributed by atoms with Crippen LogP contribution in [-0.4, -0.2) is 0 Å². The van der Waals surface area contributed by atoms with E-state index < -0.39 is 0 Å². The van der Waals surface area contributed by atoms with Crippen molar-refractivity contribution in [2.24, 2.45) is 11.3 Å². The Labute approximate surface area is 174 Å². The minimum atomic E-state index is 0.484. The molecule has 0 aliphatic heterocycles. The van der Waals surface area contributed by atoms with Crippen LogP contribution in [0.25, 0.3) is 0 Å². The normalized spacial score (nSPS) is 13.1. The van der Waals surface area contributed by atoms with E-state index in [-0.39, 0.29) is 0 Å². The molecule has 0 atom stereocenters. The maximum atomic E-state index is 3.83. The zero-order chi connectivity index (χ0) is 21.6. The maximum Gasteiger partial charge on any atom is -0.0236 e. The van der Waals surface area contributed by atoms with Crippen molar-refractivity contribution < 1.29 is 0 Å². The summed E-state index contributed by atoms with van der Waals surface area (Å²) in [6.45, 7) is 26.5. The Bertz CT molecular complexity index is 315. The summed E-state index contributed by atoms with van der Waals surface area (Å²) in [5, 5.41) is 0. The van der Waals surface area contributed by atoms with Crippen LogP contribution in [0, 0.1) is 11.3 Å². The summed E-state index contributed by atoms with van der Waals surface area (Å²) in [5.41, 5.74) is 1.80. The van der Waals surface area contributed by atoms with Crippen LogP contribution in [0.5, 0.6) is 0 Å². The van der Waals surface area contributed by atoms with Crippen LogP contribution in [0.15, 0.2) is 37.5 Å². The average Bonchev–Trinajstić information content (AvgIpc) is 3.17. The number of unbranched alkanes of at least 4 members (excludes halogenated alkanes) is 3. The second kappa shape index (κ2) is 23.3. The highest BCUT2D eigenvalue weighted by molar-refractivity contribution is 4.86. The molecule has 1 saturated carbocycles. The fourth-order valence-electron chi connectivity index (χ4n) is 3.02. The molecule has 0 N–H and O–H groups in total. The molecule has 0 unspecified atom stereocenters. The van der Waals surface area contributed by atoms with Crippen LogP contribution >= 0.6 is 0 Å². The van der Waals surface area contributed by atoms with Crippen molar-refractivity contribution in [2.45, 2.75) is 126 Å². The first-order valence-electron chi connectivity index (χ1n) is 11.7. The minimum absolute atomic E-state index is 0.484. The monoisotopic (exact) mass is 378 g/mol. The lowest BCUT2D eigenvalue weighted by atomic mass is 9.84. The molecule has 1 aliphatic rings. The van der Waals surface area contributed by atoms with Crippen LogP contribution in [0.2, 0.25) is 0 Å². The van der Waals surface area contributed by atoms with E-state index in [2.05, 4.69) is 60.4 Å². The zero-order valence-corrected chi connectivity index (χ0v) is 20.3. The van der Waals surface area contributed by atoms with E-state index >= 15 is 0 Å². The molecule has 1 aliphatic carbocycles. The predicted molar refractivity (Wildman–Crippen MR) is 131 cm³/mol. The largest absolute Gasteiger partial charge is 0.103 e. The Morgan fingerprint density at radius 2 is 1.48 bits per heavy atom. The van der Waals surface area contributed by atoms with Crippen molar-refractivity contribution in [1.82, 2.24) is 0 Å². The molecular formula is C27H54. The van der Waals surface area contributed by atoms with E-state index in [0.717, 1.165) is 12.3 Å². The molecule has 0 spiro atoms. The van der Waals surface area contributed by atoms with E-state index in [1.54, 1.807) is 0 Å². The molecule has 0 aromatic heterocycles. The maximum absolute atomic E-state index is 3.83. The first-order chi connectivity index (χ1) is 12.8. The molecule has 1 fully saturated rings. The molecule has 0 heteroatoms. The first-order valence-corrected chi connectivity index (χ1v) is 11.7. The van der Waals surface area contributed by atoms with E-state index in [4.69, 9.17) is 0 Å². The van der Waals surface area contributed by atoms with Gasteiger partial charge in [-0.1, -0.05) is 97.8 Å². The predicted octanol–water partition coefficient (Wildman–Crippen LogP) is 10.3. The zero-order valence-electron chi connectivity index (χ0n) is 20.3. The summed E-state index contributed by atoms with van der Waals surface area (Å²) >= 11 is 0.